The molecule has 1 aliphatic heterocycles. The van der Waals surface area contributed by atoms with E-state index in [0.29, 0.717) is 35.4 Å². The number of amides is 1. The van der Waals surface area contributed by atoms with Crippen LogP contribution in [0.3, 0.4) is 0 Å². The first-order valence-corrected chi connectivity index (χ1v) is 9.25. The van der Waals surface area contributed by atoms with E-state index in [1.807, 2.05) is 37.3 Å². The molecule has 29 heavy (non-hydrogen) atoms. The van der Waals surface area contributed by atoms with Crippen molar-refractivity contribution >= 4 is 17.5 Å². The number of nitrogens with one attached hydrogen (secondary N) is 1. The minimum atomic E-state index is -0.154. The van der Waals surface area contributed by atoms with Gasteiger partial charge in [-0.2, -0.15) is 0 Å². The number of hydrogen-bond acceptors (Lipinski definition) is 7. The van der Waals surface area contributed by atoms with E-state index in [-0.39, 0.29) is 12.7 Å². The smallest absolute Gasteiger partial charge is 0.272 e. The summed E-state index contributed by atoms with van der Waals surface area (Å²) in [5.41, 5.74) is 2.93. The molecule has 1 aromatic carbocycles. The Balaban J connectivity index is 1.46. The third-order valence-electron chi connectivity index (χ3n) is 4.53. The molecule has 1 amide bonds. The predicted molar refractivity (Wildman–Crippen MR) is 108 cm³/mol. The van der Waals surface area contributed by atoms with Crippen molar-refractivity contribution in [1.82, 2.24) is 19.9 Å². The van der Waals surface area contributed by atoms with Gasteiger partial charge >= 0.3 is 0 Å². The number of ether oxygens (including phenoxy) is 2. The molecular formula is C21H21N5O3. The van der Waals surface area contributed by atoms with Crippen molar-refractivity contribution in [3.05, 3.63) is 65.7 Å². The molecule has 3 heterocycles. The second-order valence-electron chi connectivity index (χ2n) is 6.74. The number of likely N-dealkylation sites (N-methyl/N-ethyl adjacent to an activating group) is 1. The topological polar surface area (TPSA) is 89.5 Å². The number of carbonyl (C=O) groups is 1. The largest absolute Gasteiger partial charge is 0.454 e. The van der Waals surface area contributed by atoms with E-state index < -0.39 is 0 Å². The number of carbonyl (C=O) groups excluding carboxylic acids is 1. The van der Waals surface area contributed by atoms with E-state index in [1.165, 1.54) is 0 Å². The maximum absolute atomic E-state index is 12.8. The highest BCUT2D eigenvalue weighted by molar-refractivity contribution is 5.92. The first kappa shape index (κ1) is 18.7. The Labute approximate surface area is 168 Å². The summed E-state index contributed by atoms with van der Waals surface area (Å²) >= 11 is 0. The average Bonchev–Trinajstić information content (AvgIpc) is 3.19. The van der Waals surface area contributed by atoms with Gasteiger partial charge in [0, 0.05) is 43.4 Å². The van der Waals surface area contributed by atoms with Crippen LogP contribution in [0.1, 0.15) is 21.7 Å². The van der Waals surface area contributed by atoms with Gasteiger partial charge in [-0.1, -0.05) is 0 Å². The van der Waals surface area contributed by atoms with Crippen LogP contribution in [-0.2, 0) is 6.42 Å². The normalized spacial score (nSPS) is 11.9. The summed E-state index contributed by atoms with van der Waals surface area (Å²) in [6.45, 7) is 2.63. The SMILES string of the molecule is Cc1cc(C(=O)N(C)CCc2ccncc2)nc(Nc2ccc3c(c2)OCO3)n1. The molecule has 8 heteroatoms. The fourth-order valence-corrected chi connectivity index (χ4v) is 2.98. The molecular weight excluding hydrogens is 370 g/mol. The zero-order valence-corrected chi connectivity index (χ0v) is 16.3. The number of aromatic nitrogens is 3. The van der Waals surface area contributed by atoms with Crippen LogP contribution >= 0.6 is 0 Å². The molecule has 0 saturated carbocycles. The maximum atomic E-state index is 12.8. The number of aryl methyl sites for hydroxylation is 1. The molecule has 8 nitrogen and oxygen atoms in total. The molecule has 148 valence electrons. The van der Waals surface area contributed by atoms with Crippen LogP contribution in [0.4, 0.5) is 11.6 Å². The Kier molecular flexibility index (Phi) is 5.24. The van der Waals surface area contributed by atoms with Gasteiger partial charge < -0.3 is 19.7 Å². The molecule has 0 bridgehead atoms. The van der Waals surface area contributed by atoms with Crippen molar-refractivity contribution in [1.29, 1.82) is 0 Å². The Morgan fingerprint density at radius 2 is 1.90 bits per heavy atom. The van der Waals surface area contributed by atoms with Crippen molar-refractivity contribution in [2.24, 2.45) is 0 Å². The van der Waals surface area contributed by atoms with Gasteiger partial charge in [-0.3, -0.25) is 9.78 Å². The predicted octanol–water partition coefficient (Wildman–Crippen LogP) is 2.97. The highest BCUT2D eigenvalue weighted by Gasteiger charge is 2.17. The van der Waals surface area contributed by atoms with Crippen molar-refractivity contribution in [3.8, 4) is 11.5 Å². The highest BCUT2D eigenvalue weighted by atomic mass is 16.7. The van der Waals surface area contributed by atoms with Crippen LogP contribution in [-0.4, -0.2) is 46.1 Å². The standard InChI is InChI=1S/C21H21N5O3/c1-14-11-17(20(27)26(2)10-7-15-5-8-22-9-6-15)25-21(23-14)24-16-3-4-18-19(12-16)29-13-28-18/h3-6,8-9,11-12H,7,10,13H2,1-2H3,(H,23,24,25). The lowest BCUT2D eigenvalue weighted by Gasteiger charge is -2.17. The van der Waals surface area contributed by atoms with E-state index in [2.05, 4.69) is 20.3 Å². The molecule has 0 saturated heterocycles. The van der Waals surface area contributed by atoms with Crippen molar-refractivity contribution < 1.29 is 14.3 Å². The number of fused-ring (bicyclic) bond motifs is 1. The number of anilines is 2. The lowest BCUT2D eigenvalue weighted by molar-refractivity contribution is 0.0790. The van der Waals surface area contributed by atoms with Gasteiger partial charge in [-0.25, -0.2) is 9.97 Å². The van der Waals surface area contributed by atoms with Gasteiger partial charge in [0.2, 0.25) is 12.7 Å². The first-order valence-electron chi connectivity index (χ1n) is 9.25. The summed E-state index contributed by atoms with van der Waals surface area (Å²) in [5, 5.41) is 3.13. The van der Waals surface area contributed by atoms with Gasteiger partial charge in [-0.15, -0.1) is 0 Å². The van der Waals surface area contributed by atoms with E-state index in [1.54, 1.807) is 30.4 Å². The summed E-state index contributed by atoms with van der Waals surface area (Å²) in [6.07, 6.45) is 4.25. The van der Waals surface area contributed by atoms with E-state index in [0.717, 1.165) is 17.7 Å². The molecule has 1 aliphatic rings. The Morgan fingerprint density at radius 1 is 1.10 bits per heavy atom. The van der Waals surface area contributed by atoms with E-state index in [9.17, 15) is 4.79 Å². The lowest BCUT2D eigenvalue weighted by Crippen LogP contribution is -2.30. The lowest BCUT2D eigenvalue weighted by atomic mass is 10.2. The van der Waals surface area contributed by atoms with E-state index in [4.69, 9.17) is 9.47 Å². The van der Waals surface area contributed by atoms with Crippen LogP contribution in [0.2, 0.25) is 0 Å². The second-order valence-corrected chi connectivity index (χ2v) is 6.74. The van der Waals surface area contributed by atoms with Crippen molar-refractivity contribution in [2.75, 3.05) is 25.7 Å². The first-order chi connectivity index (χ1) is 14.1. The van der Waals surface area contributed by atoms with Crippen LogP contribution in [0.15, 0.2) is 48.8 Å². The fourth-order valence-electron chi connectivity index (χ4n) is 2.98. The van der Waals surface area contributed by atoms with Crippen LogP contribution in [0, 0.1) is 6.92 Å². The molecule has 2 aromatic heterocycles. The van der Waals surface area contributed by atoms with Gasteiger partial charge in [-0.05, 0) is 49.2 Å². The van der Waals surface area contributed by atoms with Gasteiger partial charge in [0.15, 0.2) is 11.5 Å². The zero-order valence-electron chi connectivity index (χ0n) is 16.3. The van der Waals surface area contributed by atoms with Crippen LogP contribution in [0.25, 0.3) is 0 Å². The number of nitrogens with zero attached hydrogens (tertiary/aromatic N) is 4. The maximum Gasteiger partial charge on any atom is 0.272 e. The summed E-state index contributed by atoms with van der Waals surface area (Å²) in [5.74, 6) is 1.57. The van der Waals surface area contributed by atoms with Gasteiger partial charge in [0.1, 0.15) is 5.69 Å². The summed E-state index contributed by atoms with van der Waals surface area (Å²) in [6, 6.07) is 11.1. The molecule has 0 unspecified atom stereocenters. The monoisotopic (exact) mass is 391 g/mol. The molecule has 0 spiro atoms. The number of benzene rings is 1. The molecule has 3 aromatic rings. The third kappa shape index (κ3) is 4.43. The van der Waals surface area contributed by atoms with Crippen molar-refractivity contribution in [2.45, 2.75) is 13.3 Å². The fraction of sp³-hybridized carbons (Fsp3) is 0.238. The van der Waals surface area contributed by atoms with Crippen LogP contribution in [0.5, 0.6) is 11.5 Å². The minimum Gasteiger partial charge on any atom is -0.454 e. The van der Waals surface area contributed by atoms with Crippen molar-refractivity contribution in [3.63, 3.8) is 0 Å². The molecule has 0 fully saturated rings. The Morgan fingerprint density at radius 3 is 2.72 bits per heavy atom. The quantitative estimate of drug-likeness (QED) is 0.691. The van der Waals surface area contributed by atoms with Crippen LogP contribution < -0.4 is 14.8 Å². The molecule has 4 rings (SSSR count). The average molecular weight is 391 g/mol. The van der Waals surface area contributed by atoms with E-state index >= 15 is 0 Å². The number of pyridine rings is 1. The summed E-state index contributed by atoms with van der Waals surface area (Å²) in [4.78, 5) is 27.3. The number of hydrogen-bond donors (Lipinski definition) is 1. The molecule has 0 atom stereocenters. The Bertz CT molecular complexity index is 1030. The third-order valence-corrected chi connectivity index (χ3v) is 4.53. The summed E-state index contributed by atoms with van der Waals surface area (Å²) < 4.78 is 10.7. The second kappa shape index (κ2) is 8.14. The highest BCUT2D eigenvalue weighted by Crippen LogP contribution is 2.34. The molecule has 0 radical (unpaired) electrons. The molecule has 0 aliphatic carbocycles. The molecule has 1 N–H and O–H groups in total. The summed E-state index contributed by atoms with van der Waals surface area (Å²) in [7, 11) is 1.77. The van der Waals surface area contributed by atoms with Gasteiger partial charge in [0.25, 0.3) is 5.91 Å². The Hall–Kier alpha value is -3.68. The minimum absolute atomic E-state index is 0.154. The zero-order chi connectivity index (χ0) is 20.2. The van der Waals surface area contributed by atoms with Gasteiger partial charge in [0.05, 0.1) is 0 Å². The number of rotatable bonds is 6.